The summed E-state index contributed by atoms with van der Waals surface area (Å²) in [6.07, 6.45) is 3.39. The van der Waals surface area contributed by atoms with E-state index in [9.17, 15) is 4.79 Å². The Balaban J connectivity index is 2.72. The molecule has 0 amide bonds. The van der Waals surface area contributed by atoms with Crippen LogP contribution in [-0.2, 0) is 4.79 Å². The van der Waals surface area contributed by atoms with E-state index in [1.54, 1.807) is 26.2 Å². The van der Waals surface area contributed by atoms with Crippen molar-refractivity contribution in [1.29, 1.82) is 0 Å². The third-order valence-electron chi connectivity index (χ3n) is 2.31. The first-order chi connectivity index (χ1) is 6.93. The largest absolute Gasteiger partial charge is 0.481 e. The summed E-state index contributed by atoms with van der Waals surface area (Å²) in [4.78, 5) is 16.8. The molecule has 0 aliphatic heterocycles. The lowest BCUT2D eigenvalue weighted by molar-refractivity contribution is -0.146. The maximum absolute atomic E-state index is 10.9. The van der Waals surface area contributed by atoms with Crippen molar-refractivity contribution in [2.24, 2.45) is 5.41 Å². The van der Waals surface area contributed by atoms with Gasteiger partial charge in [0.2, 0.25) is 0 Å². The summed E-state index contributed by atoms with van der Waals surface area (Å²) in [5.41, 5.74) is 0.220. The van der Waals surface area contributed by atoms with Crippen LogP contribution in [0, 0.1) is 5.41 Å². The van der Waals surface area contributed by atoms with Gasteiger partial charge in [0.25, 0.3) is 0 Å². The van der Waals surface area contributed by atoms with Crippen molar-refractivity contribution in [3.8, 4) is 0 Å². The number of anilines is 1. The second-order valence-corrected chi connectivity index (χ2v) is 4.25. The second kappa shape index (κ2) is 4.29. The summed E-state index contributed by atoms with van der Waals surface area (Å²) in [5, 5.41) is 9.00. The Hall–Kier alpha value is -1.58. The monoisotopic (exact) mass is 208 g/mol. The van der Waals surface area contributed by atoms with E-state index in [1.165, 1.54) is 0 Å². The van der Waals surface area contributed by atoms with Crippen LogP contribution < -0.4 is 4.90 Å². The Kier molecular flexibility index (Phi) is 3.29. The normalized spacial score (nSPS) is 11.1. The summed E-state index contributed by atoms with van der Waals surface area (Å²) in [7, 11) is 1.88. The lowest BCUT2D eigenvalue weighted by Gasteiger charge is -2.27. The molecule has 0 saturated heterocycles. The summed E-state index contributed by atoms with van der Waals surface area (Å²) in [6.45, 7) is 3.90. The first-order valence-electron chi connectivity index (χ1n) is 4.78. The molecule has 0 atom stereocenters. The minimum absolute atomic E-state index is 0.465. The lowest BCUT2D eigenvalue weighted by atomic mass is 9.93. The minimum atomic E-state index is -0.789. The molecule has 0 bridgehead atoms. The number of carbonyl (C=O) groups is 1. The number of pyridine rings is 1. The third-order valence-corrected chi connectivity index (χ3v) is 2.31. The van der Waals surface area contributed by atoms with Gasteiger partial charge < -0.3 is 10.0 Å². The zero-order valence-electron chi connectivity index (χ0n) is 9.27. The molecule has 0 aromatic carbocycles. The highest BCUT2D eigenvalue weighted by atomic mass is 16.4. The Morgan fingerprint density at radius 2 is 2.00 bits per heavy atom. The standard InChI is InChI=1S/C11H16N2O2/c1-11(2,10(14)15)8-13(3)9-4-6-12-7-5-9/h4-7H,8H2,1-3H3,(H,14,15). The molecular weight excluding hydrogens is 192 g/mol. The Bertz CT molecular complexity index is 336. The van der Waals surface area contributed by atoms with Crippen molar-refractivity contribution < 1.29 is 9.90 Å². The maximum atomic E-state index is 10.9. The highest BCUT2D eigenvalue weighted by molar-refractivity contribution is 5.74. The fourth-order valence-electron chi connectivity index (χ4n) is 1.35. The van der Waals surface area contributed by atoms with Gasteiger partial charge in [-0.1, -0.05) is 0 Å². The minimum Gasteiger partial charge on any atom is -0.481 e. The van der Waals surface area contributed by atoms with Crippen LogP contribution in [-0.4, -0.2) is 29.7 Å². The zero-order chi connectivity index (χ0) is 11.5. The molecule has 15 heavy (non-hydrogen) atoms. The van der Waals surface area contributed by atoms with Crippen molar-refractivity contribution >= 4 is 11.7 Å². The summed E-state index contributed by atoms with van der Waals surface area (Å²) in [6, 6.07) is 3.72. The number of carboxylic acids is 1. The highest BCUT2D eigenvalue weighted by Gasteiger charge is 2.28. The van der Waals surface area contributed by atoms with Gasteiger partial charge in [-0.05, 0) is 26.0 Å². The van der Waals surface area contributed by atoms with Gasteiger partial charge in [0, 0.05) is 31.7 Å². The molecular formula is C11H16N2O2. The summed E-state index contributed by atoms with van der Waals surface area (Å²) in [5.74, 6) is -0.789. The number of rotatable bonds is 4. The van der Waals surface area contributed by atoms with Gasteiger partial charge in [0.05, 0.1) is 5.41 Å². The van der Waals surface area contributed by atoms with Crippen molar-refractivity contribution in [2.75, 3.05) is 18.5 Å². The van der Waals surface area contributed by atoms with Gasteiger partial charge >= 0.3 is 5.97 Å². The molecule has 0 radical (unpaired) electrons. The van der Waals surface area contributed by atoms with Gasteiger partial charge in [-0.3, -0.25) is 9.78 Å². The van der Waals surface area contributed by atoms with Gasteiger partial charge in [0.1, 0.15) is 0 Å². The van der Waals surface area contributed by atoms with Crippen LogP contribution in [0.2, 0.25) is 0 Å². The molecule has 0 unspecified atom stereocenters. The molecule has 4 nitrogen and oxygen atoms in total. The molecule has 0 aliphatic carbocycles. The maximum Gasteiger partial charge on any atom is 0.310 e. The van der Waals surface area contributed by atoms with E-state index in [0.717, 1.165) is 5.69 Å². The van der Waals surface area contributed by atoms with Crippen LogP contribution in [0.15, 0.2) is 24.5 Å². The van der Waals surface area contributed by atoms with E-state index in [2.05, 4.69) is 4.98 Å². The molecule has 1 heterocycles. The third kappa shape index (κ3) is 2.94. The highest BCUT2D eigenvalue weighted by Crippen LogP contribution is 2.20. The SMILES string of the molecule is CN(CC(C)(C)C(=O)O)c1ccncc1. The second-order valence-electron chi connectivity index (χ2n) is 4.25. The molecule has 0 spiro atoms. The van der Waals surface area contributed by atoms with E-state index in [4.69, 9.17) is 5.11 Å². The number of nitrogens with zero attached hydrogens (tertiary/aromatic N) is 2. The fraction of sp³-hybridized carbons (Fsp3) is 0.455. The quantitative estimate of drug-likeness (QED) is 0.817. The predicted octanol–water partition coefficient (Wildman–Crippen LogP) is 1.63. The molecule has 1 aromatic heterocycles. The van der Waals surface area contributed by atoms with Gasteiger partial charge in [0.15, 0.2) is 0 Å². The fourth-order valence-corrected chi connectivity index (χ4v) is 1.35. The van der Waals surface area contributed by atoms with Gasteiger partial charge in [-0.15, -0.1) is 0 Å². The van der Waals surface area contributed by atoms with Crippen molar-refractivity contribution in [3.05, 3.63) is 24.5 Å². The van der Waals surface area contributed by atoms with E-state index >= 15 is 0 Å². The number of aromatic nitrogens is 1. The predicted molar refractivity (Wildman–Crippen MR) is 58.9 cm³/mol. The zero-order valence-corrected chi connectivity index (χ0v) is 9.27. The van der Waals surface area contributed by atoms with Crippen LogP contribution in [0.1, 0.15) is 13.8 Å². The molecule has 1 N–H and O–H groups in total. The number of carboxylic acid groups (broad SMARTS) is 1. The molecule has 0 saturated carbocycles. The van der Waals surface area contributed by atoms with Crippen LogP contribution >= 0.6 is 0 Å². The molecule has 4 heteroatoms. The van der Waals surface area contributed by atoms with Crippen LogP contribution in [0.25, 0.3) is 0 Å². The van der Waals surface area contributed by atoms with Crippen molar-refractivity contribution in [1.82, 2.24) is 4.98 Å². The number of hydrogen-bond donors (Lipinski definition) is 1. The molecule has 1 rings (SSSR count). The van der Waals surface area contributed by atoms with E-state index in [-0.39, 0.29) is 0 Å². The van der Waals surface area contributed by atoms with E-state index < -0.39 is 11.4 Å². The van der Waals surface area contributed by atoms with Gasteiger partial charge in [-0.25, -0.2) is 0 Å². The summed E-state index contributed by atoms with van der Waals surface area (Å²) >= 11 is 0. The van der Waals surface area contributed by atoms with Crippen molar-refractivity contribution in [3.63, 3.8) is 0 Å². The molecule has 0 aliphatic rings. The van der Waals surface area contributed by atoms with Crippen LogP contribution in [0.3, 0.4) is 0 Å². The van der Waals surface area contributed by atoms with Crippen LogP contribution in [0.4, 0.5) is 5.69 Å². The Labute approximate surface area is 89.6 Å². The topological polar surface area (TPSA) is 53.4 Å². The first-order valence-corrected chi connectivity index (χ1v) is 4.78. The average molecular weight is 208 g/mol. The van der Waals surface area contributed by atoms with Gasteiger partial charge in [-0.2, -0.15) is 0 Å². The first kappa shape index (κ1) is 11.5. The molecule has 0 fully saturated rings. The Morgan fingerprint density at radius 1 is 1.47 bits per heavy atom. The van der Waals surface area contributed by atoms with Crippen LogP contribution in [0.5, 0.6) is 0 Å². The smallest absolute Gasteiger partial charge is 0.310 e. The van der Waals surface area contributed by atoms with E-state index in [0.29, 0.717) is 6.54 Å². The average Bonchev–Trinajstić information content (AvgIpc) is 2.18. The Morgan fingerprint density at radius 3 is 2.47 bits per heavy atom. The number of hydrogen-bond acceptors (Lipinski definition) is 3. The van der Waals surface area contributed by atoms with E-state index in [1.807, 2.05) is 24.1 Å². The lowest BCUT2D eigenvalue weighted by Crippen LogP contribution is -2.37. The number of aliphatic carboxylic acids is 1. The molecule has 82 valence electrons. The molecule has 1 aromatic rings. The van der Waals surface area contributed by atoms with Crippen molar-refractivity contribution in [2.45, 2.75) is 13.8 Å². The summed E-state index contributed by atoms with van der Waals surface area (Å²) < 4.78 is 0.